The number of rotatable bonds is 5. The zero-order chi connectivity index (χ0) is 20.8. The van der Waals surface area contributed by atoms with Crippen molar-refractivity contribution in [2.45, 2.75) is 26.1 Å². The number of halogens is 2. The van der Waals surface area contributed by atoms with Gasteiger partial charge in [0.2, 0.25) is 0 Å². The van der Waals surface area contributed by atoms with Crippen LogP contribution in [0.3, 0.4) is 0 Å². The van der Waals surface area contributed by atoms with Crippen molar-refractivity contribution in [3.63, 3.8) is 0 Å². The van der Waals surface area contributed by atoms with Gasteiger partial charge in [0.25, 0.3) is 0 Å². The van der Waals surface area contributed by atoms with E-state index in [2.05, 4.69) is 9.97 Å². The van der Waals surface area contributed by atoms with Crippen LogP contribution in [0.5, 0.6) is 0 Å². The molecule has 0 aliphatic rings. The molecule has 4 rings (SSSR count). The molecule has 0 fully saturated rings. The molecule has 29 heavy (non-hydrogen) atoms. The maximum Gasteiger partial charge on any atom is 0.329 e. The summed E-state index contributed by atoms with van der Waals surface area (Å²) in [6.45, 7) is 2.20. The second-order valence-corrected chi connectivity index (χ2v) is 8.53. The van der Waals surface area contributed by atoms with Crippen molar-refractivity contribution in [2.24, 2.45) is 0 Å². The molecule has 0 spiro atoms. The van der Waals surface area contributed by atoms with Crippen molar-refractivity contribution in [1.29, 1.82) is 0 Å². The van der Waals surface area contributed by atoms with Gasteiger partial charge in [-0.2, -0.15) is 0 Å². The number of benzene rings is 2. The lowest BCUT2D eigenvalue weighted by Crippen LogP contribution is -2.01. The van der Waals surface area contributed by atoms with Crippen molar-refractivity contribution < 1.29 is 23.1 Å². The lowest BCUT2D eigenvalue weighted by atomic mass is 10.1. The van der Waals surface area contributed by atoms with Gasteiger partial charge in [-0.15, -0.1) is 0 Å². The summed E-state index contributed by atoms with van der Waals surface area (Å²) in [6.07, 6.45) is 1.86. The fourth-order valence-electron chi connectivity index (χ4n) is 3.44. The van der Waals surface area contributed by atoms with E-state index in [1.165, 1.54) is 6.07 Å². The minimum Gasteiger partial charge on any atom is -0.333 e. The first-order valence-corrected chi connectivity index (χ1v) is 10.8. The van der Waals surface area contributed by atoms with Gasteiger partial charge in [0.05, 0.1) is 28.8 Å². The Hall–Kier alpha value is -2.67. The van der Waals surface area contributed by atoms with Crippen molar-refractivity contribution in [1.82, 2.24) is 14.5 Å². The highest BCUT2D eigenvalue weighted by Gasteiger charge is 2.18. The molecule has 0 atom stereocenters. The maximum absolute atomic E-state index is 14.6. The average molecular weight is 417 g/mol. The molecule has 2 heterocycles. The van der Waals surface area contributed by atoms with Crippen LogP contribution in [0.4, 0.5) is 8.78 Å². The molecular weight excluding hydrogens is 399 g/mol. The second-order valence-electron chi connectivity index (χ2n) is 6.88. The first kappa shape index (κ1) is 19.6. The van der Waals surface area contributed by atoms with E-state index in [9.17, 15) is 13.3 Å². The number of fused-ring (bicyclic) bond motifs is 3. The normalized spacial score (nSPS) is 12.2. The van der Waals surface area contributed by atoms with Crippen LogP contribution in [0.1, 0.15) is 23.9 Å². The zero-order valence-corrected chi connectivity index (χ0v) is 16.4. The van der Waals surface area contributed by atoms with Crippen molar-refractivity contribution in [3.05, 3.63) is 71.2 Å². The van der Waals surface area contributed by atoms with Gasteiger partial charge in [-0.05, 0) is 17.2 Å². The fourth-order valence-corrected chi connectivity index (χ4v) is 4.13. The summed E-state index contributed by atoms with van der Waals surface area (Å²) in [5.74, 6) is -0.789. The Balaban J connectivity index is 1.83. The molecule has 0 bridgehead atoms. The molecule has 0 unspecified atom stereocenters. The SMILES string of the molecule is CCc1ncc2c(n1)c1c(F)cc(F)cc1n2Cc1ccc(CP(=O)(O)O)cc1. The molecule has 2 aromatic carbocycles. The van der Waals surface area contributed by atoms with E-state index in [4.69, 9.17) is 9.79 Å². The van der Waals surface area contributed by atoms with Gasteiger partial charge in [-0.3, -0.25) is 4.57 Å². The van der Waals surface area contributed by atoms with E-state index in [0.717, 1.165) is 11.6 Å². The largest absolute Gasteiger partial charge is 0.333 e. The van der Waals surface area contributed by atoms with Crippen LogP contribution < -0.4 is 0 Å². The van der Waals surface area contributed by atoms with E-state index in [-0.39, 0.29) is 11.5 Å². The molecule has 150 valence electrons. The van der Waals surface area contributed by atoms with Crippen LogP contribution in [0, 0.1) is 11.6 Å². The van der Waals surface area contributed by atoms with Gasteiger partial charge in [0.15, 0.2) is 0 Å². The number of hydrogen-bond donors (Lipinski definition) is 2. The Kier molecular flexibility index (Phi) is 4.94. The molecule has 2 aromatic heterocycles. The first-order valence-electron chi connectivity index (χ1n) is 9.00. The number of hydrogen-bond acceptors (Lipinski definition) is 3. The third kappa shape index (κ3) is 3.92. The van der Waals surface area contributed by atoms with Gasteiger partial charge < -0.3 is 14.4 Å². The Morgan fingerprint density at radius 3 is 2.41 bits per heavy atom. The smallest absolute Gasteiger partial charge is 0.329 e. The van der Waals surface area contributed by atoms with Crippen LogP contribution in [0.25, 0.3) is 21.9 Å². The van der Waals surface area contributed by atoms with Gasteiger partial charge in [-0.1, -0.05) is 31.2 Å². The van der Waals surface area contributed by atoms with Crippen molar-refractivity contribution in [3.8, 4) is 0 Å². The molecular formula is C20H18F2N3O3P. The van der Waals surface area contributed by atoms with Crippen LogP contribution in [-0.4, -0.2) is 24.3 Å². The summed E-state index contributed by atoms with van der Waals surface area (Å²) in [4.78, 5) is 26.9. The van der Waals surface area contributed by atoms with Gasteiger partial charge >= 0.3 is 7.60 Å². The highest BCUT2D eigenvalue weighted by Crippen LogP contribution is 2.39. The number of nitrogens with zero attached hydrogens (tertiary/aromatic N) is 3. The zero-order valence-electron chi connectivity index (χ0n) is 15.5. The topological polar surface area (TPSA) is 88.2 Å². The quantitative estimate of drug-likeness (QED) is 0.477. The van der Waals surface area contributed by atoms with Crippen LogP contribution in [0.2, 0.25) is 0 Å². The third-order valence-electron chi connectivity index (χ3n) is 4.74. The predicted molar refractivity (Wildman–Crippen MR) is 106 cm³/mol. The molecule has 0 amide bonds. The molecule has 0 radical (unpaired) electrons. The lowest BCUT2D eigenvalue weighted by molar-refractivity contribution is 0.371. The van der Waals surface area contributed by atoms with E-state index in [0.29, 0.717) is 40.9 Å². The van der Waals surface area contributed by atoms with Crippen molar-refractivity contribution in [2.75, 3.05) is 0 Å². The standard InChI is InChI=1S/C20H18F2N3O3P/c1-2-18-23-9-17-20(24-18)19-15(22)7-14(21)8-16(19)25(17)10-12-3-5-13(6-4-12)11-29(26,27)28/h3-9H,2,10-11H2,1H3,(H2,26,27,28). The number of aromatic nitrogens is 3. The van der Waals surface area contributed by atoms with Crippen LogP contribution >= 0.6 is 7.60 Å². The Labute approximate surface area is 165 Å². The lowest BCUT2D eigenvalue weighted by Gasteiger charge is -2.09. The number of aryl methyl sites for hydroxylation is 1. The highest BCUT2D eigenvalue weighted by atomic mass is 31.2. The summed E-state index contributed by atoms with van der Waals surface area (Å²) in [7, 11) is -4.15. The molecule has 0 saturated carbocycles. The third-order valence-corrected chi connectivity index (χ3v) is 5.52. The molecule has 0 aliphatic heterocycles. The Morgan fingerprint density at radius 2 is 1.76 bits per heavy atom. The molecule has 0 aliphatic carbocycles. The van der Waals surface area contributed by atoms with Crippen LogP contribution in [-0.2, 0) is 23.7 Å². The maximum atomic E-state index is 14.6. The molecule has 4 aromatic rings. The van der Waals surface area contributed by atoms with Gasteiger partial charge in [0, 0.05) is 19.0 Å². The Bertz CT molecular complexity index is 1270. The van der Waals surface area contributed by atoms with E-state index in [1.807, 2.05) is 6.92 Å². The summed E-state index contributed by atoms with van der Waals surface area (Å²) in [6, 6.07) is 8.86. The molecule has 2 N–H and O–H groups in total. The van der Waals surface area contributed by atoms with Gasteiger partial charge in [0.1, 0.15) is 23.0 Å². The Morgan fingerprint density at radius 1 is 1.07 bits per heavy atom. The van der Waals surface area contributed by atoms with E-state index >= 15 is 0 Å². The van der Waals surface area contributed by atoms with Crippen molar-refractivity contribution >= 4 is 29.5 Å². The first-order chi connectivity index (χ1) is 13.7. The minimum absolute atomic E-state index is 0.247. The molecule has 6 nitrogen and oxygen atoms in total. The monoisotopic (exact) mass is 417 g/mol. The van der Waals surface area contributed by atoms with E-state index < -0.39 is 19.2 Å². The van der Waals surface area contributed by atoms with Crippen LogP contribution in [0.15, 0.2) is 42.6 Å². The molecule has 0 saturated heterocycles. The van der Waals surface area contributed by atoms with E-state index in [1.54, 1.807) is 35.0 Å². The predicted octanol–water partition coefficient (Wildman–Crippen LogP) is 4.15. The fraction of sp³-hybridized carbons (Fsp3) is 0.200. The summed E-state index contributed by atoms with van der Waals surface area (Å²) >= 11 is 0. The minimum atomic E-state index is -4.15. The van der Waals surface area contributed by atoms with Gasteiger partial charge in [-0.25, -0.2) is 18.7 Å². The molecule has 9 heteroatoms. The average Bonchev–Trinajstić information content (AvgIpc) is 2.95. The second kappa shape index (κ2) is 7.30. The highest BCUT2D eigenvalue weighted by molar-refractivity contribution is 7.50. The summed E-state index contributed by atoms with van der Waals surface area (Å²) < 4.78 is 41.4. The summed E-state index contributed by atoms with van der Waals surface area (Å²) in [5.41, 5.74) is 2.71. The summed E-state index contributed by atoms with van der Waals surface area (Å²) in [5, 5.41) is 0.247.